The molecule has 0 atom stereocenters. The van der Waals surface area contributed by atoms with Crippen molar-refractivity contribution < 1.29 is 27.9 Å². The van der Waals surface area contributed by atoms with Crippen LogP contribution in [-0.2, 0) is 20.9 Å². The minimum absolute atomic E-state index is 0.00583. The van der Waals surface area contributed by atoms with Crippen LogP contribution in [0.1, 0.15) is 36.7 Å². The summed E-state index contributed by atoms with van der Waals surface area (Å²) in [4.78, 5) is 35.0. The number of hydrogen-bond donors (Lipinski definition) is 0. The average Bonchev–Trinajstić information content (AvgIpc) is 2.58. The molecule has 2 aromatic rings. The lowest BCUT2D eigenvalue weighted by molar-refractivity contribution is -0.142. The lowest BCUT2D eigenvalue weighted by atomic mass is 10.1. The van der Waals surface area contributed by atoms with Crippen LogP contribution < -0.4 is 5.63 Å². The smallest absolute Gasteiger partial charge is 0.351 e. The maximum atomic E-state index is 13.2. The van der Waals surface area contributed by atoms with Gasteiger partial charge in [-0.2, -0.15) is 0 Å². The van der Waals surface area contributed by atoms with Gasteiger partial charge in [-0.1, -0.05) is 12.1 Å². The van der Waals surface area contributed by atoms with E-state index in [0.29, 0.717) is 10.9 Å². The van der Waals surface area contributed by atoms with Crippen molar-refractivity contribution in [2.24, 2.45) is 0 Å². The van der Waals surface area contributed by atoms with Gasteiger partial charge in [0.15, 0.2) is 0 Å². The van der Waals surface area contributed by atoms with Crippen LogP contribution in [0.3, 0.4) is 0 Å². The van der Waals surface area contributed by atoms with E-state index >= 15 is 0 Å². The summed E-state index contributed by atoms with van der Waals surface area (Å²) >= 11 is 0. The summed E-state index contributed by atoms with van der Waals surface area (Å²) in [5, 5.41) is 0.461. The van der Waals surface area contributed by atoms with E-state index in [-0.39, 0.29) is 23.5 Å². The summed E-state index contributed by atoms with van der Waals surface area (Å²) in [6.45, 7) is 4.22. The Kier molecular flexibility index (Phi) is 6.06. The second kappa shape index (κ2) is 8.24. The highest BCUT2D eigenvalue weighted by Crippen LogP contribution is 2.18. The average molecular weight is 360 g/mol. The van der Waals surface area contributed by atoms with Gasteiger partial charge in [-0.25, -0.2) is 14.0 Å². The lowest BCUT2D eigenvalue weighted by Crippen LogP contribution is -2.16. The molecule has 26 heavy (non-hydrogen) atoms. The molecule has 136 valence electrons. The fourth-order valence-electron chi connectivity index (χ4n) is 2.10. The number of fused-ring (bicyclic) bond motifs is 1. The third-order valence-corrected chi connectivity index (χ3v) is 3.33. The molecule has 0 saturated carbocycles. The second-order valence-corrected chi connectivity index (χ2v) is 5.42. The molecule has 0 spiro atoms. The first-order chi connectivity index (χ1) is 12.3. The van der Waals surface area contributed by atoms with Crippen LogP contribution in [0.4, 0.5) is 4.39 Å². The van der Waals surface area contributed by atoms with Crippen LogP contribution in [0.25, 0.3) is 11.0 Å². The molecule has 0 aliphatic rings. The number of esters is 2. The molecule has 0 aliphatic carbocycles. The van der Waals surface area contributed by atoms with Gasteiger partial charge < -0.3 is 13.9 Å². The predicted molar refractivity (Wildman–Crippen MR) is 92.0 cm³/mol. The van der Waals surface area contributed by atoms with E-state index in [4.69, 9.17) is 13.9 Å². The van der Waals surface area contributed by atoms with Crippen LogP contribution in [0.15, 0.2) is 57.2 Å². The quantitative estimate of drug-likeness (QED) is 0.349. The molecule has 1 heterocycles. The van der Waals surface area contributed by atoms with E-state index in [1.165, 1.54) is 39.0 Å². The van der Waals surface area contributed by atoms with Gasteiger partial charge in [-0.05, 0) is 37.6 Å². The maximum absolute atomic E-state index is 13.2. The Morgan fingerprint density at radius 1 is 1.23 bits per heavy atom. The number of halogens is 1. The molecule has 6 nitrogen and oxygen atoms in total. The van der Waals surface area contributed by atoms with Crippen molar-refractivity contribution >= 4 is 22.9 Å². The highest BCUT2D eigenvalue weighted by Gasteiger charge is 2.16. The van der Waals surface area contributed by atoms with Crippen molar-refractivity contribution in [1.82, 2.24) is 0 Å². The van der Waals surface area contributed by atoms with Crippen molar-refractivity contribution in [2.45, 2.75) is 27.4 Å². The van der Waals surface area contributed by atoms with Gasteiger partial charge in [0.05, 0.1) is 0 Å². The monoisotopic (exact) mass is 360 g/mol. The summed E-state index contributed by atoms with van der Waals surface area (Å²) in [5.41, 5.74) is -0.261. The third-order valence-electron chi connectivity index (χ3n) is 3.33. The largest absolute Gasteiger partial charge is 0.461 e. The molecule has 2 rings (SSSR count). The minimum atomic E-state index is -0.955. The van der Waals surface area contributed by atoms with Gasteiger partial charge in [0.2, 0.25) is 0 Å². The lowest BCUT2D eigenvalue weighted by Gasteiger charge is -2.06. The highest BCUT2D eigenvalue weighted by molar-refractivity contribution is 5.93. The number of benzene rings is 1. The molecule has 0 amide bonds. The summed E-state index contributed by atoms with van der Waals surface area (Å²) < 4.78 is 28.2. The Morgan fingerprint density at radius 2 is 1.96 bits per heavy atom. The normalized spacial score (nSPS) is 12.2. The van der Waals surface area contributed by atoms with Crippen LogP contribution in [0.2, 0.25) is 0 Å². The van der Waals surface area contributed by atoms with E-state index in [1.54, 1.807) is 12.1 Å². The zero-order valence-corrected chi connectivity index (χ0v) is 14.5. The molecule has 0 saturated heterocycles. The molecule has 1 aromatic heterocycles. The van der Waals surface area contributed by atoms with Crippen LogP contribution >= 0.6 is 0 Å². The molecule has 0 aliphatic heterocycles. The van der Waals surface area contributed by atoms with E-state index in [1.807, 2.05) is 0 Å². The molecule has 7 heteroatoms. The molecule has 1 aromatic carbocycles. The van der Waals surface area contributed by atoms with E-state index in [9.17, 15) is 18.8 Å². The first-order valence-electron chi connectivity index (χ1n) is 7.72. The second-order valence-electron chi connectivity index (χ2n) is 5.42. The zero-order valence-electron chi connectivity index (χ0n) is 14.5. The molecule has 0 radical (unpaired) electrons. The van der Waals surface area contributed by atoms with Gasteiger partial charge in [0.25, 0.3) is 0 Å². The van der Waals surface area contributed by atoms with Crippen molar-refractivity contribution in [2.75, 3.05) is 0 Å². The predicted octanol–water partition coefficient (Wildman–Crippen LogP) is 3.79. The minimum Gasteiger partial charge on any atom is -0.461 e. The Labute approximate surface area is 148 Å². The van der Waals surface area contributed by atoms with E-state index in [0.717, 1.165) is 6.08 Å². The Morgan fingerprint density at radius 3 is 2.62 bits per heavy atom. The van der Waals surface area contributed by atoms with Crippen LogP contribution in [-0.4, -0.2) is 11.9 Å². The number of allylic oxidation sites excluding steroid dienone is 4. The molecular weight excluding hydrogens is 343 g/mol. The molecule has 0 N–H and O–H groups in total. The molecule has 0 unspecified atom stereocenters. The summed E-state index contributed by atoms with van der Waals surface area (Å²) in [6, 6.07) is 6.12. The van der Waals surface area contributed by atoms with E-state index in [2.05, 4.69) is 0 Å². The fraction of sp³-hybridized carbons (Fsp3) is 0.211. The summed E-state index contributed by atoms with van der Waals surface area (Å²) in [5.74, 6) is -1.96. The first kappa shape index (κ1) is 19.1. The number of rotatable bonds is 5. The summed E-state index contributed by atoms with van der Waals surface area (Å²) in [7, 11) is 0. The highest BCUT2D eigenvalue weighted by atomic mass is 19.1. The molecular formula is C19H17FO6. The van der Waals surface area contributed by atoms with Gasteiger partial charge in [-0.3, -0.25) is 4.79 Å². The number of ether oxygens (including phenoxy) is 2. The van der Waals surface area contributed by atoms with Gasteiger partial charge in [-0.15, -0.1) is 0 Å². The van der Waals surface area contributed by atoms with Crippen molar-refractivity contribution in [3.05, 3.63) is 69.6 Å². The SMILES string of the molecule is C/C=C(F)\C=C(/C)OC(=O)c1cc2cc(COC(C)=O)ccc2oc1=O. The standard InChI is InChI=1S/C19H17FO6/c1-4-15(20)7-11(2)25-18(22)16-9-14-8-13(10-24-12(3)21)5-6-17(14)26-19(16)23/h4-9H,10H2,1-3H3/b11-7+,15-4+. The van der Waals surface area contributed by atoms with Crippen LogP contribution in [0.5, 0.6) is 0 Å². The van der Waals surface area contributed by atoms with Crippen molar-refractivity contribution in [3.63, 3.8) is 0 Å². The zero-order chi connectivity index (χ0) is 19.3. The Balaban J connectivity index is 2.33. The van der Waals surface area contributed by atoms with Crippen molar-refractivity contribution in [3.8, 4) is 0 Å². The van der Waals surface area contributed by atoms with Crippen LogP contribution in [0, 0.1) is 0 Å². The van der Waals surface area contributed by atoms with Gasteiger partial charge in [0, 0.05) is 18.4 Å². The molecule has 0 fully saturated rings. The summed E-state index contributed by atoms with van der Waals surface area (Å²) in [6.07, 6.45) is 2.23. The number of hydrogen-bond acceptors (Lipinski definition) is 6. The maximum Gasteiger partial charge on any atom is 0.351 e. The topological polar surface area (TPSA) is 82.8 Å². The third kappa shape index (κ3) is 4.89. The molecule has 0 bridgehead atoms. The number of carbonyl (C=O) groups is 2. The fourth-order valence-corrected chi connectivity index (χ4v) is 2.10. The van der Waals surface area contributed by atoms with Gasteiger partial charge in [0.1, 0.15) is 29.3 Å². The number of carbonyl (C=O) groups excluding carboxylic acids is 2. The first-order valence-corrected chi connectivity index (χ1v) is 7.72. The Bertz CT molecular complexity index is 968. The van der Waals surface area contributed by atoms with E-state index < -0.39 is 23.4 Å². The Hall–Kier alpha value is -3.22. The van der Waals surface area contributed by atoms with Gasteiger partial charge >= 0.3 is 17.6 Å². The van der Waals surface area contributed by atoms with Crippen molar-refractivity contribution in [1.29, 1.82) is 0 Å².